The zero-order valence-electron chi connectivity index (χ0n) is 14.6. The van der Waals surface area contributed by atoms with Gasteiger partial charge < -0.3 is 16.0 Å². The van der Waals surface area contributed by atoms with E-state index in [1.807, 2.05) is 0 Å². The Hall–Kier alpha value is -2.57. The van der Waals surface area contributed by atoms with Gasteiger partial charge in [0.05, 0.1) is 10.6 Å². The Morgan fingerprint density at radius 3 is 2.22 bits per heavy atom. The number of hydrogen-bond donors (Lipinski definition) is 3. The predicted molar refractivity (Wildman–Crippen MR) is 106 cm³/mol. The van der Waals surface area contributed by atoms with Gasteiger partial charge in [0.2, 0.25) is 5.91 Å². The molecule has 0 fully saturated rings. The van der Waals surface area contributed by atoms with Crippen LogP contribution in [0.4, 0.5) is 5.69 Å². The van der Waals surface area contributed by atoms with Gasteiger partial charge >= 0.3 is 0 Å². The Morgan fingerprint density at radius 2 is 1.56 bits per heavy atom. The standard InChI is InChI=1S/C19H19Cl2N3O3/c1-2-17(25)22-9-10-23-18(26)12-3-6-14(7-4-12)24-19(27)15-11-13(20)5-8-16(15)21/h3-8,11H,2,9-10H2,1H3,(H,22,25)(H,23,26)(H,24,27). The van der Waals surface area contributed by atoms with Crippen LogP contribution in [0.15, 0.2) is 42.5 Å². The number of halogens is 2. The highest BCUT2D eigenvalue weighted by molar-refractivity contribution is 6.36. The number of nitrogens with one attached hydrogen (secondary N) is 3. The highest BCUT2D eigenvalue weighted by atomic mass is 35.5. The average molecular weight is 408 g/mol. The lowest BCUT2D eigenvalue weighted by Gasteiger charge is -2.09. The molecule has 2 aromatic rings. The Balaban J connectivity index is 1.90. The Morgan fingerprint density at radius 1 is 0.889 bits per heavy atom. The number of hydrogen-bond acceptors (Lipinski definition) is 3. The van der Waals surface area contributed by atoms with Crippen LogP contribution in [0, 0.1) is 0 Å². The number of benzene rings is 2. The molecule has 0 radical (unpaired) electrons. The first-order valence-corrected chi connectivity index (χ1v) is 9.07. The largest absolute Gasteiger partial charge is 0.354 e. The zero-order valence-corrected chi connectivity index (χ0v) is 16.2. The summed E-state index contributed by atoms with van der Waals surface area (Å²) in [5.74, 6) is -0.730. The first-order valence-electron chi connectivity index (χ1n) is 8.32. The number of carbonyl (C=O) groups is 3. The van der Waals surface area contributed by atoms with Gasteiger partial charge in [-0.05, 0) is 42.5 Å². The topological polar surface area (TPSA) is 87.3 Å². The molecule has 0 atom stereocenters. The second-order valence-corrected chi connectivity index (χ2v) is 6.46. The van der Waals surface area contributed by atoms with E-state index in [4.69, 9.17) is 23.2 Å². The summed E-state index contributed by atoms with van der Waals surface area (Å²) in [5, 5.41) is 8.78. The van der Waals surface area contributed by atoms with Crippen LogP contribution in [-0.2, 0) is 4.79 Å². The van der Waals surface area contributed by atoms with E-state index in [-0.39, 0.29) is 17.4 Å². The monoisotopic (exact) mass is 407 g/mol. The lowest BCUT2D eigenvalue weighted by molar-refractivity contribution is -0.120. The Labute approximate surface area is 167 Å². The van der Waals surface area contributed by atoms with Gasteiger partial charge in [0, 0.05) is 35.8 Å². The van der Waals surface area contributed by atoms with Gasteiger partial charge in [0.25, 0.3) is 11.8 Å². The molecule has 0 aliphatic carbocycles. The fourth-order valence-electron chi connectivity index (χ4n) is 2.18. The third kappa shape index (κ3) is 6.27. The molecule has 0 saturated heterocycles. The molecule has 0 bridgehead atoms. The van der Waals surface area contributed by atoms with Gasteiger partial charge in [-0.1, -0.05) is 30.1 Å². The maximum Gasteiger partial charge on any atom is 0.257 e. The van der Waals surface area contributed by atoms with Crippen molar-refractivity contribution in [3.05, 3.63) is 63.6 Å². The summed E-state index contributed by atoms with van der Waals surface area (Å²) in [6, 6.07) is 11.0. The zero-order chi connectivity index (χ0) is 19.8. The Kier molecular flexibility index (Phi) is 7.64. The van der Waals surface area contributed by atoms with Gasteiger partial charge in [0.1, 0.15) is 0 Å². The molecule has 2 rings (SSSR count). The van der Waals surface area contributed by atoms with Gasteiger partial charge in [-0.3, -0.25) is 14.4 Å². The second-order valence-electron chi connectivity index (χ2n) is 5.62. The molecule has 0 aliphatic rings. The molecule has 2 aromatic carbocycles. The molecular formula is C19H19Cl2N3O3. The molecule has 0 unspecified atom stereocenters. The summed E-state index contributed by atoms with van der Waals surface area (Å²) >= 11 is 11.9. The smallest absolute Gasteiger partial charge is 0.257 e. The minimum Gasteiger partial charge on any atom is -0.354 e. The maximum absolute atomic E-state index is 12.3. The van der Waals surface area contributed by atoms with E-state index in [2.05, 4.69) is 16.0 Å². The van der Waals surface area contributed by atoms with E-state index in [0.29, 0.717) is 40.8 Å². The lowest BCUT2D eigenvalue weighted by atomic mass is 10.1. The molecule has 0 aliphatic heterocycles. The summed E-state index contributed by atoms with van der Waals surface area (Å²) in [5.41, 5.74) is 1.22. The third-order valence-corrected chi connectivity index (χ3v) is 4.20. The average Bonchev–Trinajstić information content (AvgIpc) is 2.67. The first kappa shape index (κ1) is 20.7. The van der Waals surface area contributed by atoms with Crippen molar-refractivity contribution in [2.45, 2.75) is 13.3 Å². The van der Waals surface area contributed by atoms with Gasteiger partial charge in [-0.15, -0.1) is 0 Å². The molecule has 0 heterocycles. The van der Waals surface area contributed by atoms with Crippen molar-refractivity contribution in [2.75, 3.05) is 18.4 Å². The lowest BCUT2D eigenvalue weighted by Crippen LogP contribution is -2.34. The van der Waals surface area contributed by atoms with Crippen LogP contribution in [-0.4, -0.2) is 30.8 Å². The van der Waals surface area contributed by atoms with Gasteiger partial charge in [-0.2, -0.15) is 0 Å². The molecule has 27 heavy (non-hydrogen) atoms. The van der Waals surface area contributed by atoms with Crippen molar-refractivity contribution < 1.29 is 14.4 Å². The quantitative estimate of drug-likeness (QED) is 0.613. The maximum atomic E-state index is 12.3. The minimum absolute atomic E-state index is 0.0656. The van der Waals surface area contributed by atoms with E-state index in [1.165, 1.54) is 6.07 Å². The van der Waals surface area contributed by atoms with Crippen LogP contribution >= 0.6 is 23.2 Å². The Bertz CT molecular complexity index is 839. The molecule has 3 amide bonds. The van der Waals surface area contributed by atoms with Crippen molar-refractivity contribution in [1.82, 2.24) is 10.6 Å². The fraction of sp³-hybridized carbons (Fsp3) is 0.211. The van der Waals surface area contributed by atoms with E-state index in [0.717, 1.165) is 0 Å². The summed E-state index contributed by atoms with van der Waals surface area (Å²) in [4.78, 5) is 35.5. The highest BCUT2D eigenvalue weighted by Gasteiger charge is 2.12. The molecule has 142 valence electrons. The molecule has 0 saturated carbocycles. The van der Waals surface area contributed by atoms with E-state index >= 15 is 0 Å². The summed E-state index contributed by atoms with van der Waals surface area (Å²) in [6.45, 7) is 2.46. The van der Waals surface area contributed by atoms with Gasteiger partial charge in [0.15, 0.2) is 0 Å². The number of amides is 3. The number of rotatable bonds is 7. The predicted octanol–water partition coefficient (Wildman–Crippen LogP) is 3.50. The van der Waals surface area contributed by atoms with E-state index < -0.39 is 5.91 Å². The number of carbonyl (C=O) groups excluding carboxylic acids is 3. The van der Waals surface area contributed by atoms with E-state index in [9.17, 15) is 14.4 Å². The summed E-state index contributed by atoms with van der Waals surface area (Å²) < 4.78 is 0. The van der Waals surface area contributed by atoms with Crippen LogP contribution in [0.25, 0.3) is 0 Å². The van der Waals surface area contributed by atoms with Crippen LogP contribution in [0.2, 0.25) is 10.0 Å². The van der Waals surface area contributed by atoms with Crippen LogP contribution in [0.3, 0.4) is 0 Å². The molecule has 8 heteroatoms. The summed E-state index contributed by atoms with van der Waals surface area (Å²) in [6.07, 6.45) is 0.404. The van der Waals surface area contributed by atoms with Crippen molar-refractivity contribution in [3.8, 4) is 0 Å². The van der Waals surface area contributed by atoms with Crippen LogP contribution in [0.5, 0.6) is 0 Å². The van der Waals surface area contributed by atoms with E-state index in [1.54, 1.807) is 43.3 Å². The van der Waals surface area contributed by atoms with Crippen molar-refractivity contribution in [3.63, 3.8) is 0 Å². The first-order chi connectivity index (χ1) is 12.9. The number of anilines is 1. The van der Waals surface area contributed by atoms with Crippen molar-refractivity contribution >= 4 is 46.6 Å². The van der Waals surface area contributed by atoms with Crippen molar-refractivity contribution in [2.24, 2.45) is 0 Å². The van der Waals surface area contributed by atoms with Crippen LogP contribution in [0.1, 0.15) is 34.1 Å². The molecule has 0 spiro atoms. The van der Waals surface area contributed by atoms with Crippen molar-refractivity contribution in [1.29, 1.82) is 0 Å². The fourth-order valence-corrected chi connectivity index (χ4v) is 2.56. The molecule has 0 aromatic heterocycles. The third-order valence-electron chi connectivity index (χ3n) is 3.63. The van der Waals surface area contributed by atoms with Crippen LogP contribution < -0.4 is 16.0 Å². The summed E-state index contributed by atoms with van der Waals surface area (Å²) in [7, 11) is 0. The van der Waals surface area contributed by atoms with Gasteiger partial charge in [-0.25, -0.2) is 0 Å². The molecule has 6 nitrogen and oxygen atoms in total. The highest BCUT2D eigenvalue weighted by Crippen LogP contribution is 2.22. The SMILES string of the molecule is CCC(=O)NCCNC(=O)c1ccc(NC(=O)c2cc(Cl)ccc2Cl)cc1. The normalized spacial score (nSPS) is 10.2. The molecule has 3 N–H and O–H groups in total. The second kappa shape index (κ2) is 9.94. The minimum atomic E-state index is -0.397. The molecular weight excluding hydrogens is 389 g/mol.